The summed E-state index contributed by atoms with van der Waals surface area (Å²) in [6, 6.07) is 15.6. The summed E-state index contributed by atoms with van der Waals surface area (Å²) in [7, 11) is 2.36. The number of carbonyl (C=O) groups is 2. The Kier molecular flexibility index (Phi) is 3.68. The number of rotatable bonds is 2. The predicted octanol–water partition coefficient (Wildman–Crippen LogP) is 4.79. The van der Waals surface area contributed by atoms with E-state index in [0.29, 0.717) is 28.0 Å². The third-order valence-corrected chi connectivity index (χ3v) is 5.18. The van der Waals surface area contributed by atoms with Crippen molar-refractivity contribution in [3.8, 4) is 11.3 Å². The van der Waals surface area contributed by atoms with E-state index in [4.69, 9.17) is 8.83 Å². The zero-order valence-corrected chi connectivity index (χ0v) is 15.5. The first-order valence-electron chi connectivity index (χ1n) is 8.51. The lowest BCUT2D eigenvalue weighted by Gasteiger charge is -2.00. The van der Waals surface area contributed by atoms with Crippen LogP contribution >= 0.6 is 9.24 Å². The highest BCUT2D eigenvalue weighted by atomic mass is 31.0. The second kappa shape index (κ2) is 6.11. The molecule has 0 fully saturated rings. The monoisotopic (exact) mass is 390 g/mol. The molecule has 0 bridgehead atoms. The van der Waals surface area contributed by atoms with E-state index < -0.39 is 17.4 Å². The van der Waals surface area contributed by atoms with Gasteiger partial charge in [-0.3, -0.25) is 9.59 Å². The van der Waals surface area contributed by atoms with Gasteiger partial charge in [0.2, 0.25) is 5.78 Å². The van der Waals surface area contributed by atoms with E-state index >= 15 is 0 Å². The van der Waals surface area contributed by atoms with Gasteiger partial charge >= 0.3 is 0 Å². The van der Waals surface area contributed by atoms with Crippen molar-refractivity contribution in [2.75, 3.05) is 0 Å². The number of carbonyl (C=O) groups excluding carboxylic acids is 2. The van der Waals surface area contributed by atoms with Crippen LogP contribution < -0.4 is 5.30 Å². The van der Waals surface area contributed by atoms with Gasteiger partial charge < -0.3 is 8.83 Å². The van der Waals surface area contributed by atoms with E-state index in [0.717, 1.165) is 5.56 Å². The number of furan rings is 2. The summed E-state index contributed by atoms with van der Waals surface area (Å²) >= 11 is 0. The Morgan fingerprint density at radius 1 is 0.857 bits per heavy atom. The first-order valence-corrected chi connectivity index (χ1v) is 9.08. The summed E-state index contributed by atoms with van der Waals surface area (Å²) in [5.41, 5.74) is 1.68. The fourth-order valence-electron chi connectivity index (χ4n) is 3.38. The molecule has 4 aromatic rings. The molecule has 0 aliphatic heterocycles. The molecular formula is C22H12FO4P. The molecule has 0 saturated heterocycles. The van der Waals surface area contributed by atoms with Crippen LogP contribution in [0.4, 0.5) is 4.39 Å². The Bertz CT molecular complexity index is 1240. The first kappa shape index (κ1) is 16.8. The number of benzene rings is 2. The zero-order valence-electron chi connectivity index (χ0n) is 14.4. The fraction of sp³-hybridized carbons (Fsp3) is 0. The van der Waals surface area contributed by atoms with Crippen LogP contribution in [0.3, 0.4) is 0 Å². The van der Waals surface area contributed by atoms with Crippen LogP contribution in [0.1, 0.15) is 26.5 Å². The second-order valence-corrected chi connectivity index (χ2v) is 7.08. The van der Waals surface area contributed by atoms with Gasteiger partial charge in [-0.2, -0.15) is 0 Å². The molecule has 0 spiro atoms. The summed E-state index contributed by atoms with van der Waals surface area (Å²) in [6.07, 6.45) is 1.34. The maximum atomic E-state index is 14.1. The Morgan fingerprint density at radius 2 is 1.57 bits per heavy atom. The minimum Gasteiger partial charge on any atom is -0.453 e. The van der Waals surface area contributed by atoms with E-state index in [2.05, 4.69) is 9.24 Å². The molecule has 28 heavy (non-hydrogen) atoms. The van der Waals surface area contributed by atoms with Gasteiger partial charge in [0, 0.05) is 23.3 Å². The standard InChI is InChI=1S/C22H12FO4P/c23-14-6-7-18(28)20-19(14)21(24)13(22(20)25)8-12-9-16-17(26-12)10-15(27-16)11-4-2-1-3-5-11/h1-10H,28H2/b13-8+. The van der Waals surface area contributed by atoms with E-state index in [9.17, 15) is 14.0 Å². The number of allylic oxidation sites excluding steroid dienone is 1. The highest BCUT2D eigenvalue weighted by molar-refractivity contribution is 7.27. The molecule has 1 aliphatic rings. The number of ketones is 2. The lowest BCUT2D eigenvalue weighted by molar-refractivity contribution is 0.0989. The zero-order chi connectivity index (χ0) is 19.4. The molecule has 2 aromatic carbocycles. The third-order valence-electron chi connectivity index (χ3n) is 4.70. The SMILES string of the molecule is O=C1/C(=C\c2cc3oc(-c4ccccc4)cc3o2)C(=O)c2c(P)ccc(F)c21. The second-order valence-electron chi connectivity index (χ2n) is 6.46. The van der Waals surface area contributed by atoms with Crippen molar-refractivity contribution in [3.05, 3.63) is 82.9 Å². The topological polar surface area (TPSA) is 60.4 Å². The molecular weight excluding hydrogens is 378 g/mol. The average molecular weight is 390 g/mol. The van der Waals surface area contributed by atoms with Crippen molar-refractivity contribution < 1.29 is 22.8 Å². The molecule has 2 aromatic heterocycles. The Morgan fingerprint density at radius 3 is 2.29 bits per heavy atom. The maximum Gasteiger partial charge on any atom is 0.200 e. The maximum absolute atomic E-state index is 14.1. The van der Waals surface area contributed by atoms with Gasteiger partial charge in [0.25, 0.3) is 0 Å². The van der Waals surface area contributed by atoms with E-state index in [-0.39, 0.29) is 16.7 Å². The van der Waals surface area contributed by atoms with Gasteiger partial charge in [-0.1, -0.05) is 36.4 Å². The summed E-state index contributed by atoms with van der Waals surface area (Å²) in [5, 5.41) is 0.485. The lowest BCUT2D eigenvalue weighted by Crippen LogP contribution is -2.08. The molecule has 1 atom stereocenters. The van der Waals surface area contributed by atoms with Crippen molar-refractivity contribution in [2.24, 2.45) is 0 Å². The van der Waals surface area contributed by atoms with Crippen LogP contribution in [-0.2, 0) is 0 Å². The molecule has 2 heterocycles. The predicted molar refractivity (Wildman–Crippen MR) is 106 cm³/mol. The van der Waals surface area contributed by atoms with Gasteiger partial charge in [-0.05, 0) is 17.4 Å². The van der Waals surface area contributed by atoms with Crippen LogP contribution in [0.5, 0.6) is 0 Å². The van der Waals surface area contributed by atoms with E-state index in [1.54, 1.807) is 12.1 Å². The number of halogens is 1. The van der Waals surface area contributed by atoms with E-state index in [1.807, 2.05) is 30.3 Å². The van der Waals surface area contributed by atoms with Gasteiger partial charge in [0.15, 0.2) is 16.9 Å². The average Bonchev–Trinajstić information content (AvgIpc) is 3.32. The molecule has 0 amide bonds. The van der Waals surface area contributed by atoms with Gasteiger partial charge in [-0.25, -0.2) is 4.39 Å². The first-order chi connectivity index (χ1) is 13.5. The van der Waals surface area contributed by atoms with Gasteiger partial charge in [0.1, 0.15) is 17.3 Å². The van der Waals surface area contributed by atoms with Crippen molar-refractivity contribution in [1.82, 2.24) is 0 Å². The number of hydrogen-bond donors (Lipinski definition) is 0. The Balaban J connectivity index is 1.55. The summed E-state index contributed by atoms with van der Waals surface area (Å²) in [6.45, 7) is 0. The quantitative estimate of drug-likeness (QED) is 0.280. The minimum absolute atomic E-state index is 0.0860. The fourth-order valence-corrected chi connectivity index (χ4v) is 3.75. The van der Waals surface area contributed by atoms with Crippen molar-refractivity contribution >= 4 is 43.4 Å². The van der Waals surface area contributed by atoms with Crippen LogP contribution in [0.25, 0.3) is 28.6 Å². The van der Waals surface area contributed by atoms with Gasteiger partial charge in [-0.15, -0.1) is 9.24 Å². The lowest BCUT2D eigenvalue weighted by atomic mass is 10.1. The van der Waals surface area contributed by atoms with Crippen LogP contribution in [0, 0.1) is 5.82 Å². The van der Waals surface area contributed by atoms with E-state index in [1.165, 1.54) is 18.2 Å². The highest BCUT2D eigenvalue weighted by Gasteiger charge is 2.37. The van der Waals surface area contributed by atoms with Crippen molar-refractivity contribution in [2.45, 2.75) is 0 Å². The summed E-state index contributed by atoms with van der Waals surface area (Å²) < 4.78 is 25.6. The van der Waals surface area contributed by atoms with Crippen LogP contribution in [0.2, 0.25) is 0 Å². The number of fused-ring (bicyclic) bond motifs is 2. The Labute approximate surface area is 160 Å². The molecule has 1 unspecified atom stereocenters. The highest BCUT2D eigenvalue weighted by Crippen LogP contribution is 2.33. The summed E-state index contributed by atoms with van der Waals surface area (Å²) in [5.74, 6) is -0.904. The smallest absolute Gasteiger partial charge is 0.200 e. The molecule has 0 N–H and O–H groups in total. The van der Waals surface area contributed by atoms with Crippen molar-refractivity contribution in [3.63, 3.8) is 0 Å². The normalized spacial score (nSPS) is 15.0. The summed E-state index contributed by atoms with van der Waals surface area (Å²) in [4.78, 5) is 25.2. The van der Waals surface area contributed by atoms with Gasteiger partial charge in [0.05, 0.1) is 11.1 Å². The molecule has 136 valence electrons. The van der Waals surface area contributed by atoms with Crippen molar-refractivity contribution in [1.29, 1.82) is 0 Å². The largest absolute Gasteiger partial charge is 0.453 e. The Hall–Kier alpha value is -3.30. The molecule has 0 saturated carbocycles. The number of Topliss-reactive ketones (excluding diaryl/α,β-unsaturated/α-hetero) is 2. The van der Waals surface area contributed by atoms with Crippen LogP contribution in [-0.4, -0.2) is 11.6 Å². The molecule has 0 radical (unpaired) electrons. The third kappa shape index (κ3) is 2.48. The van der Waals surface area contributed by atoms with Crippen LogP contribution in [0.15, 0.2) is 69.0 Å². The molecule has 5 rings (SSSR count). The molecule has 1 aliphatic carbocycles. The molecule has 4 nitrogen and oxygen atoms in total. The molecule has 6 heteroatoms. The minimum atomic E-state index is -0.705. The number of hydrogen-bond acceptors (Lipinski definition) is 4.